The van der Waals surface area contributed by atoms with Crippen LogP contribution in [0.1, 0.15) is 36.4 Å². The van der Waals surface area contributed by atoms with E-state index in [-0.39, 0.29) is 12.4 Å². The lowest BCUT2D eigenvalue weighted by molar-refractivity contribution is 0.373. The van der Waals surface area contributed by atoms with Gasteiger partial charge in [-0.3, -0.25) is 0 Å². The molecule has 2 heterocycles. The quantitative estimate of drug-likeness (QED) is 0.682. The van der Waals surface area contributed by atoms with Crippen LogP contribution in [0.25, 0.3) is 21.9 Å². The summed E-state index contributed by atoms with van der Waals surface area (Å²) in [5.74, 6) is 2.04. The van der Waals surface area contributed by atoms with Crippen molar-refractivity contribution in [1.29, 1.82) is 0 Å². The zero-order valence-electron chi connectivity index (χ0n) is 14.8. The molecule has 0 unspecified atom stereocenters. The van der Waals surface area contributed by atoms with Crippen molar-refractivity contribution in [1.82, 2.24) is 10.1 Å². The smallest absolute Gasteiger partial charge is 0.268 e. The van der Waals surface area contributed by atoms with Gasteiger partial charge in [-0.15, -0.1) is 23.7 Å². The second kappa shape index (κ2) is 7.39. The van der Waals surface area contributed by atoms with Gasteiger partial charge in [-0.05, 0) is 49.1 Å². The van der Waals surface area contributed by atoms with Crippen LogP contribution in [-0.4, -0.2) is 17.3 Å². The topological polar surface area (TPSA) is 74.2 Å². The van der Waals surface area contributed by atoms with Gasteiger partial charge in [0.2, 0.25) is 0 Å². The van der Waals surface area contributed by atoms with E-state index in [2.05, 4.69) is 35.3 Å². The van der Waals surface area contributed by atoms with E-state index in [1.54, 1.807) is 18.4 Å². The van der Waals surface area contributed by atoms with Gasteiger partial charge in [-0.1, -0.05) is 30.1 Å². The summed E-state index contributed by atoms with van der Waals surface area (Å²) in [6.45, 7) is 2.10. The van der Waals surface area contributed by atoms with E-state index in [4.69, 9.17) is 15.0 Å². The van der Waals surface area contributed by atoms with Crippen molar-refractivity contribution in [2.45, 2.75) is 38.1 Å². The molecule has 2 aromatic heterocycles. The number of methoxy groups -OCH3 is 1. The zero-order valence-corrected chi connectivity index (χ0v) is 16.5. The molecule has 0 spiro atoms. The fraction of sp³-hybridized carbons (Fsp3) is 0.368. The number of aryl methyl sites for hydroxylation is 1. The van der Waals surface area contributed by atoms with Crippen molar-refractivity contribution in [3.63, 3.8) is 0 Å². The molecule has 1 saturated carbocycles. The molecule has 5 nitrogen and oxygen atoms in total. The van der Waals surface area contributed by atoms with Crippen LogP contribution in [0.5, 0.6) is 5.75 Å². The molecule has 26 heavy (non-hydrogen) atoms. The predicted molar refractivity (Wildman–Crippen MR) is 106 cm³/mol. The predicted octanol–water partition coefficient (Wildman–Crippen LogP) is 4.93. The van der Waals surface area contributed by atoms with Crippen LogP contribution >= 0.6 is 23.7 Å². The van der Waals surface area contributed by atoms with Gasteiger partial charge in [0.15, 0.2) is 5.82 Å². The third kappa shape index (κ3) is 3.37. The minimum Gasteiger partial charge on any atom is -0.497 e. The van der Waals surface area contributed by atoms with Gasteiger partial charge in [0.1, 0.15) is 5.75 Å². The van der Waals surface area contributed by atoms with Crippen molar-refractivity contribution >= 4 is 23.7 Å². The lowest BCUT2D eigenvalue weighted by atomic mass is 9.99. The molecule has 0 radical (unpaired) electrons. The molecular weight excluding hydrogens is 370 g/mol. The molecule has 0 aliphatic heterocycles. The number of rotatable bonds is 4. The van der Waals surface area contributed by atoms with E-state index < -0.39 is 5.54 Å². The van der Waals surface area contributed by atoms with Crippen LogP contribution in [0.15, 0.2) is 34.9 Å². The van der Waals surface area contributed by atoms with E-state index in [9.17, 15) is 0 Å². The Balaban J connectivity index is 0.00000196. The molecular formula is C19H22ClN3O2S. The monoisotopic (exact) mass is 391 g/mol. The molecule has 7 heteroatoms. The van der Waals surface area contributed by atoms with Crippen LogP contribution in [0.2, 0.25) is 0 Å². The highest BCUT2D eigenvalue weighted by atomic mass is 35.5. The molecule has 3 aromatic rings. The van der Waals surface area contributed by atoms with Crippen molar-refractivity contribution in [2.24, 2.45) is 5.73 Å². The Labute approximate surface area is 163 Å². The maximum Gasteiger partial charge on any atom is 0.268 e. The van der Waals surface area contributed by atoms with Crippen molar-refractivity contribution in [3.8, 4) is 27.6 Å². The van der Waals surface area contributed by atoms with Gasteiger partial charge in [0.05, 0.1) is 17.5 Å². The molecule has 4 rings (SSSR count). The average Bonchev–Trinajstić information content (AvgIpc) is 3.35. The normalized spacial score (nSPS) is 15.7. The van der Waals surface area contributed by atoms with Crippen molar-refractivity contribution in [3.05, 3.63) is 41.0 Å². The molecule has 0 saturated heterocycles. The van der Waals surface area contributed by atoms with E-state index in [0.29, 0.717) is 11.7 Å². The van der Waals surface area contributed by atoms with Crippen molar-refractivity contribution < 1.29 is 9.26 Å². The van der Waals surface area contributed by atoms with Gasteiger partial charge >= 0.3 is 0 Å². The fourth-order valence-corrected chi connectivity index (χ4v) is 4.36. The van der Waals surface area contributed by atoms with Crippen molar-refractivity contribution in [2.75, 3.05) is 7.11 Å². The standard InChI is InChI=1S/C19H21N3O2S.ClH/c1-12-15(13-5-7-14(23-2)8-6-13)11-16(25-12)17-21-18(22-24-17)19(20)9-3-4-10-19;/h5-8,11H,3-4,9-10,20H2,1-2H3;1H. The highest BCUT2D eigenvalue weighted by Gasteiger charge is 2.36. The highest BCUT2D eigenvalue weighted by molar-refractivity contribution is 7.15. The third-order valence-corrected chi connectivity index (χ3v) is 5.94. The second-order valence-electron chi connectivity index (χ2n) is 6.60. The van der Waals surface area contributed by atoms with Gasteiger partial charge in [-0.25, -0.2) is 0 Å². The summed E-state index contributed by atoms with van der Waals surface area (Å²) in [4.78, 5) is 6.78. The summed E-state index contributed by atoms with van der Waals surface area (Å²) in [7, 11) is 1.67. The highest BCUT2D eigenvalue weighted by Crippen LogP contribution is 2.39. The summed E-state index contributed by atoms with van der Waals surface area (Å²) < 4.78 is 10.7. The lowest BCUT2D eigenvalue weighted by Gasteiger charge is -2.17. The first-order valence-corrected chi connectivity index (χ1v) is 9.29. The minimum atomic E-state index is -0.424. The molecule has 2 N–H and O–H groups in total. The Morgan fingerprint density at radius 1 is 1.19 bits per heavy atom. The number of aromatic nitrogens is 2. The summed E-state index contributed by atoms with van der Waals surface area (Å²) >= 11 is 1.66. The number of benzene rings is 1. The largest absolute Gasteiger partial charge is 0.497 e. The Bertz CT molecular complexity index is 883. The second-order valence-corrected chi connectivity index (χ2v) is 7.85. The summed E-state index contributed by atoms with van der Waals surface area (Å²) in [6, 6.07) is 10.2. The van der Waals surface area contributed by atoms with Gasteiger partial charge < -0.3 is 15.0 Å². The van der Waals surface area contributed by atoms with E-state index in [0.717, 1.165) is 41.9 Å². The number of thiophene rings is 1. The Kier molecular flexibility index (Phi) is 5.37. The molecule has 0 bridgehead atoms. The zero-order chi connectivity index (χ0) is 17.4. The number of hydrogen-bond acceptors (Lipinski definition) is 6. The van der Waals surface area contributed by atoms with E-state index >= 15 is 0 Å². The molecule has 0 amide bonds. The van der Waals surface area contributed by atoms with Crippen LogP contribution in [0.3, 0.4) is 0 Å². The van der Waals surface area contributed by atoms with Crippen LogP contribution in [0, 0.1) is 6.92 Å². The number of ether oxygens (including phenoxy) is 1. The number of halogens is 1. The molecule has 1 aliphatic rings. The Morgan fingerprint density at radius 3 is 2.54 bits per heavy atom. The van der Waals surface area contributed by atoms with Gasteiger partial charge in [-0.2, -0.15) is 4.98 Å². The minimum absolute atomic E-state index is 0. The summed E-state index contributed by atoms with van der Waals surface area (Å²) in [5.41, 5.74) is 8.33. The fourth-order valence-electron chi connectivity index (χ4n) is 3.40. The number of nitrogens with zero attached hydrogens (tertiary/aromatic N) is 2. The molecule has 1 aliphatic carbocycles. The number of hydrogen-bond donors (Lipinski definition) is 1. The first-order valence-electron chi connectivity index (χ1n) is 8.47. The van der Waals surface area contributed by atoms with Crippen LogP contribution in [0.4, 0.5) is 0 Å². The van der Waals surface area contributed by atoms with Crippen LogP contribution < -0.4 is 10.5 Å². The first-order chi connectivity index (χ1) is 12.1. The molecule has 138 valence electrons. The molecule has 0 atom stereocenters. The average molecular weight is 392 g/mol. The van der Waals surface area contributed by atoms with Gasteiger partial charge in [0, 0.05) is 4.88 Å². The first kappa shape index (κ1) is 18.9. The lowest BCUT2D eigenvalue weighted by Crippen LogP contribution is -2.34. The summed E-state index contributed by atoms with van der Waals surface area (Å²) in [5, 5.41) is 4.16. The summed E-state index contributed by atoms with van der Waals surface area (Å²) in [6.07, 6.45) is 4.10. The number of nitrogens with two attached hydrogens (primary N) is 1. The Hall–Kier alpha value is -1.89. The SMILES string of the molecule is COc1ccc(-c2cc(-c3nc(C4(N)CCCC4)no3)sc2C)cc1.Cl. The van der Waals surface area contributed by atoms with Gasteiger partial charge in [0.25, 0.3) is 5.89 Å². The van der Waals surface area contributed by atoms with E-state index in [1.165, 1.54) is 10.4 Å². The molecule has 1 fully saturated rings. The maximum atomic E-state index is 6.43. The van der Waals surface area contributed by atoms with Crippen LogP contribution in [-0.2, 0) is 5.54 Å². The third-order valence-electron chi connectivity index (χ3n) is 4.90. The maximum absolute atomic E-state index is 6.43. The van der Waals surface area contributed by atoms with E-state index in [1.807, 2.05) is 12.1 Å². The molecule has 1 aromatic carbocycles. The Morgan fingerprint density at radius 2 is 1.88 bits per heavy atom.